The summed E-state index contributed by atoms with van der Waals surface area (Å²) in [7, 11) is -3.79. The van der Waals surface area contributed by atoms with Gasteiger partial charge in [-0.3, -0.25) is 4.79 Å². The molecular weight excluding hydrogens is 510 g/mol. The first-order valence-electron chi connectivity index (χ1n) is 11.6. The van der Waals surface area contributed by atoms with E-state index in [1.807, 2.05) is 55.5 Å². The molecule has 2 aromatic carbocycles. The zero-order chi connectivity index (χ0) is 26.3. The molecule has 4 aromatic rings. The van der Waals surface area contributed by atoms with Gasteiger partial charge in [-0.05, 0) is 59.3 Å². The van der Waals surface area contributed by atoms with Crippen molar-refractivity contribution < 1.29 is 23.1 Å². The number of hydrogen-bond acceptors (Lipinski definition) is 7. The number of carboxylic acids is 1. The molecule has 4 rings (SSSR count). The second kappa shape index (κ2) is 12.0. The largest absolute Gasteiger partial charge is 0.494 e. The van der Waals surface area contributed by atoms with Crippen LogP contribution in [0.15, 0.2) is 88.5 Å². The van der Waals surface area contributed by atoms with Gasteiger partial charge in [-0.1, -0.05) is 48.5 Å². The average Bonchev–Trinajstić information content (AvgIpc) is 3.44. The molecule has 0 bridgehead atoms. The van der Waals surface area contributed by atoms with E-state index in [9.17, 15) is 13.2 Å². The zero-order valence-electron chi connectivity index (χ0n) is 20.2. The van der Waals surface area contributed by atoms with Crippen molar-refractivity contribution in [2.45, 2.75) is 24.2 Å². The maximum atomic E-state index is 13.5. The third kappa shape index (κ3) is 6.94. The van der Waals surface area contributed by atoms with Crippen LogP contribution in [0.4, 0.5) is 5.82 Å². The van der Waals surface area contributed by atoms with Crippen molar-refractivity contribution >= 4 is 33.1 Å². The molecule has 0 fully saturated rings. The van der Waals surface area contributed by atoms with Crippen molar-refractivity contribution in [3.8, 4) is 16.9 Å². The molecule has 0 amide bonds. The Morgan fingerprint density at radius 2 is 1.78 bits per heavy atom. The lowest BCUT2D eigenvalue weighted by Gasteiger charge is -2.22. The number of ether oxygens (including phenoxy) is 1. The number of carboxylic acid groups (broad SMARTS) is 1. The molecule has 0 saturated carbocycles. The summed E-state index contributed by atoms with van der Waals surface area (Å²) in [4.78, 5) is 15.3. The molecule has 0 aliphatic heterocycles. The lowest BCUT2D eigenvalue weighted by Crippen LogP contribution is -2.30. The van der Waals surface area contributed by atoms with E-state index in [-0.39, 0.29) is 23.8 Å². The summed E-state index contributed by atoms with van der Waals surface area (Å²) in [5.74, 6) is 0.152. The Labute approximate surface area is 220 Å². The summed E-state index contributed by atoms with van der Waals surface area (Å²) >= 11 is 1.16. The number of anilines is 1. The van der Waals surface area contributed by atoms with E-state index in [1.54, 1.807) is 35.7 Å². The summed E-state index contributed by atoms with van der Waals surface area (Å²) in [5, 5.41) is 13.4. The number of nitrogens with one attached hydrogen (secondary N) is 1. The quantitative estimate of drug-likeness (QED) is 0.259. The van der Waals surface area contributed by atoms with Gasteiger partial charge < -0.3 is 15.2 Å². The van der Waals surface area contributed by atoms with Crippen LogP contribution in [0.5, 0.6) is 5.75 Å². The Morgan fingerprint density at radius 3 is 2.49 bits per heavy atom. The summed E-state index contributed by atoms with van der Waals surface area (Å²) in [6, 6.07) is 24.0. The number of rotatable bonds is 12. The fourth-order valence-corrected chi connectivity index (χ4v) is 6.26. The molecule has 2 N–H and O–H groups in total. The number of aromatic nitrogens is 1. The lowest BCUT2D eigenvalue weighted by molar-refractivity contribution is -0.134. The van der Waals surface area contributed by atoms with Gasteiger partial charge in [0.2, 0.25) is 0 Å². The van der Waals surface area contributed by atoms with E-state index < -0.39 is 16.0 Å². The van der Waals surface area contributed by atoms with E-state index in [1.165, 1.54) is 4.31 Å². The Kier molecular flexibility index (Phi) is 8.54. The van der Waals surface area contributed by atoms with Gasteiger partial charge in [-0.2, -0.15) is 4.31 Å². The number of thiophene rings is 1. The van der Waals surface area contributed by atoms with Crippen LogP contribution in [0.3, 0.4) is 0 Å². The number of hydrogen-bond donors (Lipinski definition) is 2. The second-order valence-electron chi connectivity index (χ2n) is 8.12. The fourth-order valence-electron chi connectivity index (χ4n) is 3.71. The molecule has 0 unspecified atom stereocenters. The molecule has 0 aliphatic carbocycles. The van der Waals surface area contributed by atoms with Crippen molar-refractivity contribution in [1.29, 1.82) is 0 Å². The van der Waals surface area contributed by atoms with Crippen LogP contribution < -0.4 is 10.1 Å². The molecule has 0 atom stereocenters. The molecule has 2 aromatic heterocycles. The number of benzene rings is 2. The Hall–Kier alpha value is -3.73. The summed E-state index contributed by atoms with van der Waals surface area (Å²) in [6.07, 6.45) is 0. The molecule has 0 radical (unpaired) electrons. The summed E-state index contributed by atoms with van der Waals surface area (Å²) in [6.45, 7) is 2.42. The van der Waals surface area contributed by atoms with Crippen LogP contribution in [0.25, 0.3) is 11.1 Å². The maximum Gasteiger partial charge on any atom is 0.322 e. The first-order valence-corrected chi connectivity index (χ1v) is 13.9. The Bertz CT molecular complexity index is 1440. The minimum absolute atomic E-state index is 0.0287. The van der Waals surface area contributed by atoms with Crippen molar-refractivity contribution in [3.05, 3.63) is 95.5 Å². The van der Waals surface area contributed by atoms with Crippen molar-refractivity contribution in [2.24, 2.45) is 0 Å². The highest BCUT2D eigenvalue weighted by Gasteiger charge is 2.26. The van der Waals surface area contributed by atoms with Gasteiger partial charge in [0.15, 0.2) is 0 Å². The fraction of sp³-hybridized carbons (Fsp3) is 0.185. The van der Waals surface area contributed by atoms with Gasteiger partial charge in [0, 0.05) is 6.54 Å². The Balaban J connectivity index is 1.58. The number of sulfonamides is 1. The standard InChI is InChI=1S/C27H27N3O5S2/c1-2-35-24-8-3-6-22(16-24)21-13-11-20(12-14-21)18-30(37(33,34)27-10-5-15-36-27)19-23-7-4-9-25(29-23)28-17-26(31)32/h3-16H,2,17-19H2,1H3,(H,28,29)(H,31,32). The zero-order valence-corrected chi connectivity index (χ0v) is 21.8. The smallest absolute Gasteiger partial charge is 0.322 e. The molecule has 10 heteroatoms. The summed E-state index contributed by atoms with van der Waals surface area (Å²) in [5.41, 5.74) is 3.33. The maximum absolute atomic E-state index is 13.5. The van der Waals surface area contributed by atoms with Crippen molar-refractivity contribution in [3.63, 3.8) is 0 Å². The molecular formula is C27H27N3O5S2. The van der Waals surface area contributed by atoms with Gasteiger partial charge in [-0.25, -0.2) is 13.4 Å². The van der Waals surface area contributed by atoms with Gasteiger partial charge >= 0.3 is 5.97 Å². The first-order chi connectivity index (χ1) is 17.8. The SMILES string of the molecule is CCOc1cccc(-c2ccc(CN(Cc3cccc(NCC(=O)O)n3)S(=O)(=O)c3cccs3)cc2)c1. The monoisotopic (exact) mass is 537 g/mol. The molecule has 37 heavy (non-hydrogen) atoms. The van der Waals surface area contributed by atoms with Crippen LogP contribution in [0.1, 0.15) is 18.2 Å². The first kappa shape index (κ1) is 26.3. The topological polar surface area (TPSA) is 109 Å². The molecule has 0 saturated heterocycles. The van der Waals surface area contributed by atoms with E-state index in [4.69, 9.17) is 9.84 Å². The van der Waals surface area contributed by atoms with Crippen LogP contribution in [0, 0.1) is 0 Å². The predicted octanol–water partition coefficient (Wildman–Crippen LogP) is 5.10. The molecule has 8 nitrogen and oxygen atoms in total. The Morgan fingerprint density at radius 1 is 1.00 bits per heavy atom. The second-order valence-corrected chi connectivity index (χ2v) is 11.2. The van der Waals surface area contributed by atoms with Gasteiger partial charge in [0.1, 0.15) is 22.3 Å². The van der Waals surface area contributed by atoms with Crippen molar-refractivity contribution in [2.75, 3.05) is 18.5 Å². The highest BCUT2D eigenvalue weighted by molar-refractivity contribution is 7.91. The van der Waals surface area contributed by atoms with Crippen molar-refractivity contribution in [1.82, 2.24) is 9.29 Å². The van der Waals surface area contributed by atoms with Gasteiger partial charge in [-0.15, -0.1) is 11.3 Å². The van der Waals surface area contributed by atoms with Crippen LogP contribution in [0.2, 0.25) is 0 Å². The van der Waals surface area contributed by atoms with E-state index in [0.29, 0.717) is 18.1 Å². The number of pyridine rings is 1. The van der Waals surface area contributed by atoms with Crippen LogP contribution in [-0.4, -0.2) is 41.9 Å². The molecule has 0 aliphatic rings. The summed E-state index contributed by atoms with van der Waals surface area (Å²) < 4.78 is 34.2. The normalized spacial score (nSPS) is 11.4. The van der Waals surface area contributed by atoms with E-state index in [0.717, 1.165) is 33.8 Å². The molecule has 0 spiro atoms. The lowest BCUT2D eigenvalue weighted by atomic mass is 10.0. The van der Waals surface area contributed by atoms with Gasteiger partial charge in [0.05, 0.1) is 18.8 Å². The number of nitrogens with zero attached hydrogens (tertiary/aromatic N) is 2. The highest BCUT2D eigenvalue weighted by atomic mass is 32.2. The minimum atomic E-state index is -3.79. The van der Waals surface area contributed by atoms with E-state index >= 15 is 0 Å². The number of aliphatic carboxylic acids is 1. The third-order valence-electron chi connectivity index (χ3n) is 5.45. The average molecular weight is 538 g/mol. The van der Waals surface area contributed by atoms with Crippen LogP contribution in [-0.2, 0) is 27.9 Å². The van der Waals surface area contributed by atoms with E-state index in [2.05, 4.69) is 10.3 Å². The molecule has 2 heterocycles. The molecule has 192 valence electrons. The third-order valence-corrected chi connectivity index (χ3v) is 8.61. The predicted molar refractivity (Wildman–Crippen MR) is 144 cm³/mol. The van der Waals surface area contributed by atoms with Gasteiger partial charge in [0.25, 0.3) is 10.0 Å². The van der Waals surface area contributed by atoms with Crippen LogP contribution >= 0.6 is 11.3 Å². The highest BCUT2D eigenvalue weighted by Crippen LogP contribution is 2.27. The number of carbonyl (C=O) groups is 1. The minimum Gasteiger partial charge on any atom is -0.494 e.